The summed E-state index contributed by atoms with van der Waals surface area (Å²) in [5.41, 5.74) is 7.79. The lowest BCUT2D eigenvalue weighted by Crippen LogP contribution is -2.38. The number of anilines is 2. The van der Waals surface area contributed by atoms with Gasteiger partial charge in [0.05, 0.1) is 34.9 Å². The lowest BCUT2D eigenvalue weighted by Gasteiger charge is -2.31. The Hall–Kier alpha value is -4.15. The molecule has 11 heteroatoms. The highest BCUT2D eigenvalue weighted by Crippen LogP contribution is 2.35. The highest BCUT2D eigenvalue weighted by molar-refractivity contribution is 5.99. The largest absolute Gasteiger partial charge is 0.466 e. The molecule has 1 aliphatic heterocycles. The van der Waals surface area contributed by atoms with Gasteiger partial charge in [0.2, 0.25) is 5.95 Å². The third kappa shape index (κ3) is 4.81. The second-order valence-corrected chi connectivity index (χ2v) is 8.79. The van der Waals surface area contributed by atoms with Gasteiger partial charge in [-0.05, 0) is 44.0 Å². The van der Waals surface area contributed by atoms with Crippen LogP contribution in [0.1, 0.15) is 25.3 Å². The van der Waals surface area contributed by atoms with Gasteiger partial charge in [-0.2, -0.15) is 18.2 Å². The van der Waals surface area contributed by atoms with Crippen molar-refractivity contribution in [3.63, 3.8) is 0 Å². The topological polar surface area (TPSA) is 99.2 Å². The molecule has 1 aliphatic rings. The maximum Gasteiger partial charge on any atom is 0.416 e. The van der Waals surface area contributed by atoms with Crippen LogP contribution >= 0.6 is 0 Å². The maximum atomic E-state index is 13.0. The van der Waals surface area contributed by atoms with Crippen LogP contribution in [0.25, 0.3) is 28.0 Å². The molecule has 4 aromatic rings. The molecule has 0 atom stereocenters. The smallest absolute Gasteiger partial charge is 0.416 e. The van der Waals surface area contributed by atoms with Gasteiger partial charge in [0.15, 0.2) is 5.65 Å². The van der Waals surface area contributed by atoms with Gasteiger partial charge in [-0.1, -0.05) is 30.3 Å². The fourth-order valence-corrected chi connectivity index (χ4v) is 4.51. The Morgan fingerprint density at radius 3 is 2.35 bits per heavy atom. The van der Waals surface area contributed by atoms with Crippen molar-refractivity contribution in [1.82, 2.24) is 19.7 Å². The average molecular weight is 511 g/mol. The van der Waals surface area contributed by atoms with Gasteiger partial charge < -0.3 is 15.4 Å². The van der Waals surface area contributed by atoms with Crippen molar-refractivity contribution in [3.8, 4) is 16.9 Å². The molecule has 8 nitrogen and oxygen atoms in total. The minimum atomic E-state index is -4.44. The minimum Gasteiger partial charge on any atom is -0.466 e. The third-order valence-corrected chi connectivity index (χ3v) is 6.44. The molecule has 0 bridgehead atoms. The Morgan fingerprint density at radius 2 is 1.73 bits per heavy atom. The monoisotopic (exact) mass is 510 g/mol. The molecule has 2 N–H and O–H groups in total. The molecule has 2 aromatic carbocycles. The van der Waals surface area contributed by atoms with Crippen LogP contribution in [-0.2, 0) is 15.7 Å². The molecular weight excluding hydrogens is 485 g/mol. The number of benzene rings is 2. The van der Waals surface area contributed by atoms with Gasteiger partial charge in [0, 0.05) is 18.7 Å². The van der Waals surface area contributed by atoms with Crippen LogP contribution < -0.4 is 10.6 Å². The molecule has 2 aromatic heterocycles. The molecule has 3 heterocycles. The molecule has 1 fully saturated rings. The summed E-state index contributed by atoms with van der Waals surface area (Å²) >= 11 is 0. The summed E-state index contributed by atoms with van der Waals surface area (Å²) in [7, 11) is 0. The van der Waals surface area contributed by atoms with Crippen LogP contribution in [0, 0.1) is 5.92 Å². The number of carbonyl (C=O) groups is 1. The predicted octanol–water partition coefficient (Wildman–Crippen LogP) is 4.86. The van der Waals surface area contributed by atoms with E-state index in [1.807, 2.05) is 35.2 Å². The Kier molecular flexibility index (Phi) is 6.45. The quantitative estimate of drug-likeness (QED) is 0.383. The fraction of sp³-hybridized carbons (Fsp3) is 0.308. The highest BCUT2D eigenvalue weighted by atomic mass is 19.4. The number of rotatable bonds is 5. The Balaban J connectivity index is 1.55. The summed E-state index contributed by atoms with van der Waals surface area (Å²) in [6.07, 6.45) is -3.22. The number of piperidine rings is 1. The Labute approximate surface area is 210 Å². The fourth-order valence-electron chi connectivity index (χ4n) is 4.51. The van der Waals surface area contributed by atoms with Crippen LogP contribution in [0.15, 0.2) is 54.6 Å². The zero-order chi connectivity index (χ0) is 26.2. The first-order valence-corrected chi connectivity index (χ1v) is 12.0. The summed E-state index contributed by atoms with van der Waals surface area (Å²) in [5.74, 6) is 0.321. The van der Waals surface area contributed by atoms with E-state index in [4.69, 9.17) is 15.5 Å². The predicted molar refractivity (Wildman–Crippen MR) is 133 cm³/mol. The van der Waals surface area contributed by atoms with Crippen molar-refractivity contribution in [2.45, 2.75) is 25.9 Å². The maximum absolute atomic E-state index is 13.0. The van der Waals surface area contributed by atoms with Gasteiger partial charge in [-0.15, -0.1) is 5.10 Å². The van der Waals surface area contributed by atoms with E-state index < -0.39 is 11.7 Å². The van der Waals surface area contributed by atoms with Gasteiger partial charge in [0.25, 0.3) is 0 Å². The van der Waals surface area contributed by atoms with Gasteiger partial charge in [-0.3, -0.25) is 4.79 Å². The number of alkyl halides is 3. The van der Waals surface area contributed by atoms with Crippen LogP contribution in [0.5, 0.6) is 0 Å². The first-order chi connectivity index (χ1) is 17.8. The summed E-state index contributed by atoms with van der Waals surface area (Å²) in [4.78, 5) is 23.6. The van der Waals surface area contributed by atoms with E-state index in [2.05, 4.69) is 10.1 Å². The highest BCUT2D eigenvalue weighted by Gasteiger charge is 2.31. The van der Waals surface area contributed by atoms with Crippen LogP contribution in [0.2, 0.25) is 0 Å². The van der Waals surface area contributed by atoms with Crippen molar-refractivity contribution < 1.29 is 22.7 Å². The number of ether oxygens (including phenoxy) is 1. The van der Waals surface area contributed by atoms with E-state index in [-0.39, 0.29) is 17.7 Å². The van der Waals surface area contributed by atoms with Gasteiger partial charge in [-0.25, -0.2) is 9.67 Å². The molecule has 0 unspecified atom stereocenters. The SMILES string of the molecule is CCOC(=O)C1CCN(c2nc(-c3ccccc3)c3c(N)n(-c4ccc(C(F)(F)F)cc4)nc3n2)CC1. The number of hydrogen-bond acceptors (Lipinski definition) is 7. The van der Waals surface area contributed by atoms with Crippen molar-refractivity contribution >= 4 is 28.8 Å². The van der Waals surface area contributed by atoms with Crippen LogP contribution in [-0.4, -0.2) is 45.4 Å². The van der Waals surface area contributed by atoms with E-state index in [9.17, 15) is 18.0 Å². The van der Waals surface area contributed by atoms with E-state index in [1.165, 1.54) is 16.8 Å². The molecule has 0 amide bonds. The zero-order valence-electron chi connectivity index (χ0n) is 20.1. The standard InChI is InChI=1S/C26H25F3N6O2/c1-2-37-24(36)17-12-14-34(15-13-17)25-31-21(16-6-4-3-5-7-16)20-22(30)35(33-23(20)32-25)19-10-8-18(9-11-19)26(27,28)29/h3-11,17H,2,12-15,30H2,1H3. The number of halogens is 3. The van der Waals surface area contributed by atoms with Crippen molar-refractivity contribution in [1.29, 1.82) is 0 Å². The third-order valence-electron chi connectivity index (χ3n) is 6.44. The van der Waals surface area contributed by atoms with E-state index >= 15 is 0 Å². The van der Waals surface area contributed by atoms with Gasteiger partial charge >= 0.3 is 12.1 Å². The summed E-state index contributed by atoms with van der Waals surface area (Å²) in [6.45, 7) is 3.27. The lowest BCUT2D eigenvalue weighted by atomic mass is 9.97. The van der Waals surface area contributed by atoms with E-state index in [0.29, 0.717) is 60.9 Å². The molecular formula is C26H25F3N6O2. The zero-order valence-corrected chi connectivity index (χ0v) is 20.1. The molecule has 0 aliphatic carbocycles. The number of esters is 1. The number of fused-ring (bicyclic) bond motifs is 1. The van der Waals surface area contributed by atoms with Crippen molar-refractivity contribution in [2.75, 3.05) is 30.3 Å². The lowest BCUT2D eigenvalue weighted by molar-refractivity contribution is -0.148. The molecule has 0 radical (unpaired) electrons. The summed E-state index contributed by atoms with van der Waals surface area (Å²) < 4.78 is 45.7. The molecule has 1 saturated heterocycles. The second kappa shape index (κ2) is 9.72. The second-order valence-electron chi connectivity index (χ2n) is 8.79. The van der Waals surface area contributed by atoms with E-state index in [1.54, 1.807) is 6.92 Å². The Bertz CT molecular complexity index is 1410. The number of hydrogen-bond donors (Lipinski definition) is 1. The molecule has 5 rings (SSSR count). The minimum absolute atomic E-state index is 0.164. The number of nitrogens with zero attached hydrogens (tertiary/aromatic N) is 5. The van der Waals surface area contributed by atoms with Crippen molar-refractivity contribution in [2.24, 2.45) is 5.92 Å². The van der Waals surface area contributed by atoms with Gasteiger partial charge in [0.1, 0.15) is 5.82 Å². The van der Waals surface area contributed by atoms with Crippen molar-refractivity contribution in [3.05, 3.63) is 60.2 Å². The molecule has 192 valence electrons. The number of nitrogen functional groups attached to an aromatic ring is 1. The van der Waals surface area contributed by atoms with Crippen LogP contribution in [0.4, 0.5) is 24.9 Å². The first-order valence-electron chi connectivity index (χ1n) is 12.0. The normalized spacial score (nSPS) is 14.8. The number of aromatic nitrogens is 4. The van der Waals surface area contributed by atoms with Crippen LogP contribution in [0.3, 0.4) is 0 Å². The molecule has 0 saturated carbocycles. The Morgan fingerprint density at radius 1 is 1.05 bits per heavy atom. The summed E-state index contributed by atoms with van der Waals surface area (Å²) in [5, 5.41) is 5.05. The molecule has 37 heavy (non-hydrogen) atoms. The summed E-state index contributed by atoms with van der Waals surface area (Å²) in [6, 6.07) is 14.1. The first kappa shape index (κ1) is 24.5. The number of carbonyl (C=O) groups excluding carboxylic acids is 1. The van der Waals surface area contributed by atoms with E-state index in [0.717, 1.165) is 17.7 Å². The molecule has 0 spiro atoms. The number of nitrogens with two attached hydrogens (primary N) is 1. The average Bonchev–Trinajstić information content (AvgIpc) is 3.24.